The Morgan fingerprint density at radius 1 is 1.00 bits per heavy atom. The van der Waals surface area contributed by atoms with Gasteiger partial charge in [-0.25, -0.2) is 14.8 Å². The van der Waals surface area contributed by atoms with Crippen molar-refractivity contribution in [2.45, 2.75) is 6.92 Å². The van der Waals surface area contributed by atoms with Crippen LogP contribution in [0.25, 0.3) is 0 Å². The summed E-state index contributed by atoms with van der Waals surface area (Å²) in [6, 6.07) is 18.0. The molecule has 0 radical (unpaired) electrons. The maximum absolute atomic E-state index is 11.9. The van der Waals surface area contributed by atoms with Crippen molar-refractivity contribution in [1.29, 1.82) is 0 Å². The molecule has 6 heteroatoms. The third-order valence-electron chi connectivity index (χ3n) is 3.24. The lowest BCUT2D eigenvalue weighted by atomic mass is 10.3. The Labute approximate surface area is 145 Å². The minimum absolute atomic E-state index is 0.160. The molecule has 0 bridgehead atoms. The average molecular weight is 335 g/mol. The van der Waals surface area contributed by atoms with Crippen LogP contribution in [0.5, 0.6) is 11.5 Å². The summed E-state index contributed by atoms with van der Waals surface area (Å²) in [5, 5.41) is 3.14. The first-order valence-corrected chi connectivity index (χ1v) is 7.73. The predicted molar refractivity (Wildman–Crippen MR) is 94.1 cm³/mol. The zero-order chi connectivity index (χ0) is 17.5. The number of nitrogens with zero attached hydrogens (tertiary/aromatic N) is 2. The largest absolute Gasteiger partial charge is 0.482 e. The number of benzene rings is 2. The monoisotopic (exact) mass is 335 g/mol. The summed E-state index contributed by atoms with van der Waals surface area (Å²) in [5.74, 6) is 1.24. The van der Waals surface area contributed by atoms with Gasteiger partial charge < -0.3 is 14.8 Å². The zero-order valence-electron chi connectivity index (χ0n) is 13.7. The molecule has 6 nitrogen and oxygen atoms in total. The Balaban J connectivity index is 1.58. The average Bonchev–Trinajstić information content (AvgIpc) is 2.61. The summed E-state index contributed by atoms with van der Waals surface area (Å²) >= 11 is 0. The number of hydrogen-bond acceptors (Lipinski definition) is 6. The van der Waals surface area contributed by atoms with Crippen molar-refractivity contribution in [2.24, 2.45) is 0 Å². The quantitative estimate of drug-likeness (QED) is 0.549. The highest BCUT2D eigenvalue weighted by Crippen LogP contribution is 2.21. The normalized spacial score (nSPS) is 10.1. The van der Waals surface area contributed by atoms with Gasteiger partial charge in [0.05, 0.1) is 0 Å². The van der Waals surface area contributed by atoms with Crippen molar-refractivity contribution >= 4 is 17.5 Å². The van der Waals surface area contributed by atoms with Crippen molar-refractivity contribution in [3.05, 3.63) is 72.7 Å². The first-order valence-electron chi connectivity index (χ1n) is 7.73. The molecule has 1 N–H and O–H groups in total. The summed E-state index contributed by atoms with van der Waals surface area (Å²) in [4.78, 5) is 20.1. The topological polar surface area (TPSA) is 73.3 Å². The molecule has 0 atom stereocenters. The van der Waals surface area contributed by atoms with Crippen LogP contribution in [0.2, 0.25) is 0 Å². The van der Waals surface area contributed by atoms with Gasteiger partial charge in [0.2, 0.25) is 0 Å². The molecule has 0 saturated heterocycles. The van der Waals surface area contributed by atoms with Crippen LogP contribution in [-0.2, 0) is 4.79 Å². The SMILES string of the molecule is Cc1cc(Nc2cccc(OC(=O)COc3ccccc3)c2)ncn1. The molecule has 25 heavy (non-hydrogen) atoms. The van der Waals surface area contributed by atoms with Gasteiger partial charge >= 0.3 is 5.97 Å². The molecule has 0 aliphatic carbocycles. The van der Waals surface area contributed by atoms with Gasteiger partial charge in [0, 0.05) is 23.5 Å². The molecule has 3 rings (SSSR count). The summed E-state index contributed by atoms with van der Waals surface area (Å²) in [7, 11) is 0. The maximum atomic E-state index is 11.9. The Morgan fingerprint density at radius 3 is 2.60 bits per heavy atom. The van der Waals surface area contributed by atoms with Gasteiger partial charge in [0.1, 0.15) is 23.6 Å². The van der Waals surface area contributed by atoms with E-state index in [-0.39, 0.29) is 6.61 Å². The highest BCUT2D eigenvalue weighted by atomic mass is 16.6. The van der Waals surface area contributed by atoms with Crippen molar-refractivity contribution in [1.82, 2.24) is 9.97 Å². The molecule has 0 fully saturated rings. The summed E-state index contributed by atoms with van der Waals surface area (Å²) in [6.45, 7) is 1.73. The minimum Gasteiger partial charge on any atom is -0.482 e. The number of esters is 1. The first kappa shape index (κ1) is 16.4. The molecular weight excluding hydrogens is 318 g/mol. The molecule has 0 aliphatic heterocycles. The molecule has 1 aromatic heterocycles. The Bertz CT molecular complexity index is 853. The Hall–Kier alpha value is -3.41. The van der Waals surface area contributed by atoms with Crippen molar-refractivity contribution in [3.8, 4) is 11.5 Å². The molecule has 126 valence electrons. The third kappa shape index (κ3) is 5.04. The molecule has 0 spiro atoms. The lowest BCUT2D eigenvalue weighted by Crippen LogP contribution is -2.17. The standard InChI is InChI=1S/C19H17N3O3/c1-14-10-18(21-13-20-14)22-15-6-5-9-17(11-15)25-19(23)12-24-16-7-3-2-4-8-16/h2-11,13H,12H2,1H3,(H,20,21,22). The summed E-state index contributed by atoms with van der Waals surface area (Å²) in [5.41, 5.74) is 1.62. The summed E-state index contributed by atoms with van der Waals surface area (Å²) < 4.78 is 10.7. The van der Waals surface area contributed by atoms with Crippen LogP contribution >= 0.6 is 0 Å². The second kappa shape index (κ2) is 7.92. The van der Waals surface area contributed by atoms with Gasteiger partial charge in [-0.1, -0.05) is 24.3 Å². The summed E-state index contributed by atoms with van der Waals surface area (Å²) in [6.07, 6.45) is 1.49. The van der Waals surface area contributed by atoms with Gasteiger partial charge in [-0.05, 0) is 31.2 Å². The molecule has 0 saturated carbocycles. The molecule has 0 amide bonds. The fourth-order valence-corrected chi connectivity index (χ4v) is 2.13. The lowest BCUT2D eigenvalue weighted by Gasteiger charge is -2.09. The van der Waals surface area contributed by atoms with Crippen LogP contribution < -0.4 is 14.8 Å². The van der Waals surface area contributed by atoms with Crippen LogP contribution in [-0.4, -0.2) is 22.5 Å². The Morgan fingerprint density at radius 2 is 1.80 bits per heavy atom. The lowest BCUT2D eigenvalue weighted by molar-refractivity contribution is -0.136. The number of nitrogens with one attached hydrogen (secondary N) is 1. The number of carbonyl (C=O) groups excluding carboxylic acids is 1. The highest BCUT2D eigenvalue weighted by molar-refractivity contribution is 5.74. The molecule has 3 aromatic rings. The molecule has 0 unspecified atom stereocenters. The molecule has 1 heterocycles. The maximum Gasteiger partial charge on any atom is 0.349 e. The van der Waals surface area contributed by atoms with Crippen LogP contribution in [0.3, 0.4) is 0 Å². The van der Waals surface area contributed by atoms with Crippen LogP contribution in [0.15, 0.2) is 67.0 Å². The van der Waals surface area contributed by atoms with E-state index in [0.717, 1.165) is 11.4 Å². The van der Waals surface area contributed by atoms with E-state index in [0.29, 0.717) is 17.3 Å². The first-order chi connectivity index (χ1) is 12.2. The number of carbonyl (C=O) groups is 1. The second-order valence-electron chi connectivity index (χ2n) is 5.27. The van der Waals surface area contributed by atoms with E-state index in [2.05, 4.69) is 15.3 Å². The van der Waals surface area contributed by atoms with Gasteiger partial charge in [-0.2, -0.15) is 0 Å². The van der Waals surface area contributed by atoms with Gasteiger partial charge in [0.25, 0.3) is 0 Å². The van der Waals surface area contributed by atoms with Crippen LogP contribution in [0.1, 0.15) is 5.69 Å². The number of anilines is 2. The minimum atomic E-state index is -0.473. The van der Waals surface area contributed by atoms with Gasteiger partial charge in [-0.15, -0.1) is 0 Å². The van der Waals surface area contributed by atoms with E-state index in [9.17, 15) is 4.79 Å². The number of para-hydroxylation sites is 1. The van der Waals surface area contributed by atoms with Crippen LogP contribution in [0, 0.1) is 6.92 Å². The second-order valence-corrected chi connectivity index (χ2v) is 5.27. The number of aryl methyl sites for hydroxylation is 1. The Kier molecular flexibility index (Phi) is 5.21. The highest BCUT2D eigenvalue weighted by Gasteiger charge is 2.07. The number of aromatic nitrogens is 2. The van der Waals surface area contributed by atoms with Crippen molar-refractivity contribution in [3.63, 3.8) is 0 Å². The van der Waals surface area contributed by atoms with E-state index in [1.165, 1.54) is 6.33 Å². The van der Waals surface area contributed by atoms with E-state index in [1.54, 1.807) is 30.3 Å². The van der Waals surface area contributed by atoms with Gasteiger partial charge in [-0.3, -0.25) is 0 Å². The van der Waals surface area contributed by atoms with E-state index < -0.39 is 5.97 Å². The van der Waals surface area contributed by atoms with Crippen molar-refractivity contribution in [2.75, 3.05) is 11.9 Å². The number of ether oxygens (including phenoxy) is 2. The third-order valence-corrected chi connectivity index (χ3v) is 3.24. The van der Waals surface area contributed by atoms with E-state index >= 15 is 0 Å². The molecule has 2 aromatic carbocycles. The van der Waals surface area contributed by atoms with Gasteiger partial charge in [0.15, 0.2) is 6.61 Å². The molecule has 0 aliphatic rings. The van der Waals surface area contributed by atoms with E-state index in [4.69, 9.17) is 9.47 Å². The molecular formula is C19H17N3O3. The van der Waals surface area contributed by atoms with E-state index in [1.807, 2.05) is 37.3 Å². The fraction of sp³-hybridized carbons (Fsp3) is 0.105. The van der Waals surface area contributed by atoms with Crippen LogP contribution in [0.4, 0.5) is 11.5 Å². The number of hydrogen-bond donors (Lipinski definition) is 1. The zero-order valence-corrected chi connectivity index (χ0v) is 13.7. The van der Waals surface area contributed by atoms with Crippen molar-refractivity contribution < 1.29 is 14.3 Å². The fourth-order valence-electron chi connectivity index (χ4n) is 2.13. The predicted octanol–water partition coefficient (Wildman–Crippen LogP) is 3.51. The smallest absolute Gasteiger partial charge is 0.349 e. The number of rotatable bonds is 6.